The zero-order valence-electron chi connectivity index (χ0n) is 9.74. The maximum absolute atomic E-state index is 11.8. The molecule has 16 heavy (non-hydrogen) atoms. The molecular formula is C10H20N4O2. The topological polar surface area (TPSA) is 78.7 Å². The lowest BCUT2D eigenvalue weighted by Gasteiger charge is -2.29. The van der Waals surface area contributed by atoms with Gasteiger partial charge in [0, 0.05) is 32.7 Å². The number of nitrogens with two attached hydrogens (primary N) is 1. The Kier molecular flexibility index (Phi) is 5.21. The Hall–Kier alpha value is -1.14. The summed E-state index contributed by atoms with van der Waals surface area (Å²) in [6.07, 6.45) is 0. The van der Waals surface area contributed by atoms with Crippen molar-refractivity contribution in [2.75, 3.05) is 45.8 Å². The van der Waals surface area contributed by atoms with E-state index in [0.29, 0.717) is 13.1 Å². The Labute approximate surface area is 95.8 Å². The summed E-state index contributed by atoms with van der Waals surface area (Å²) >= 11 is 0. The highest BCUT2D eigenvalue weighted by Crippen LogP contribution is 1.96. The van der Waals surface area contributed by atoms with Crippen LogP contribution in [0.4, 0.5) is 0 Å². The molecule has 0 aromatic carbocycles. The fourth-order valence-corrected chi connectivity index (χ4v) is 1.72. The molecule has 6 nitrogen and oxygen atoms in total. The second-order valence-corrected chi connectivity index (χ2v) is 3.90. The molecule has 0 aromatic rings. The van der Waals surface area contributed by atoms with Crippen LogP contribution in [0.2, 0.25) is 0 Å². The number of rotatable bonds is 5. The van der Waals surface area contributed by atoms with Gasteiger partial charge in [-0.1, -0.05) is 0 Å². The number of amides is 2. The summed E-state index contributed by atoms with van der Waals surface area (Å²) in [6.45, 7) is 6.33. The quantitative estimate of drug-likeness (QED) is 0.583. The van der Waals surface area contributed by atoms with Gasteiger partial charge in [-0.25, -0.2) is 0 Å². The lowest BCUT2D eigenvalue weighted by atomic mass is 10.3. The van der Waals surface area contributed by atoms with Crippen LogP contribution in [-0.4, -0.2) is 67.4 Å². The largest absolute Gasteiger partial charge is 0.368 e. The van der Waals surface area contributed by atoms with Crippen LogP contribution in [-0.2, 0) is 9.59 Å². The van der Waals surface area contributed by atoms with Crippen LogP contribution in [0.15, 0.2) is 0 Å². The molecule has 1 aliphatic heterocycles. The van der Waals surface area contributed by atoms with Gasteiger partial charge in [-0.2, -0.15) is 0 Å². The first-order valence-electron chi connectivity index (χ1n) is 5.62. The summed E-state index contributed by atoms with van der Waals surface area (Å²) in [5, 5.41) is 3.22. The highest BCUT2D eigenvalue weighted by atomic mass is 16.2. The number of likely N-dealkylation sites (N-methyl/N-ethyl adjacent to an activating group) is 1. The Morgan fingerprint density at radius 3 is 2.50 bits per heavy atom. The Balaban J connectivity index is 2.38. The molecule has 0 atom stereocenters. The molecule has 1 aliphatic rings. The van der Waals surface area contributed by atoms with Crippen molar-refractivity contribution in [3.8, 4) is 0 Å². The summed E-state index contributed by atoms with van der Waals surface area (Å²) in [7, 11) is 0. The van der Waals surface area contributed by atoms with E-state index in [1.807, 2.05) is 6.92 Å². The summed E-state index contributed by atoms with van der Waals surface area (Å²) in [5.41, 5.74) is 5.08. The normalized spacial score (nSPS) is 17.1. The fourth-order valence-electron chi connectivity index (χ4n) is 1.72. The molecule has 2 amide bonds. The minimum Gasteiger partial charge on any atom is -0.368 e. The molecule has 0 aliphatic carbocycles. The van der Waals surface area contributed by atoms with Crippen molar-refractivity contribution in [3.05, 3.63) is 0 Å². The van der Waals surface area contributed by atoms with E-state index in [4.69, 9.17) is 5.73 Å². The molecular weight excluding hydrogens is 208 g/mol. The van der Waals surface area contributed by atoms with Gasteiger partial charge >= 0.3 is 0 Å². The number of primary amides is 1. The second kappa shape index (κ2) is 6.44. The highest BCUT2D eigenvalue weighted by Gasteiger charge is 2.18. The molecule has 1 saturated heterocycles. The molecule has 92 valence electrons. The van der Waals surface area contributed by atoms with Gasteiger partial charge in [-0.05, 0) is 6.92 Å². The lowest BCUT2D eigenvalue weighted by Crippen LogP contribution is -2.49. The predicted molar refractivity (Wildman–Crippen MR) is 60.8 cm³/mol. The van der Waals surface area contributed by atoms with Gasteiger partial charge in [0.1, 0.15) is 0 Å². The first-order valence-corrected chi connectivity index (χ1v) is 5.62. The van der Waals surface area contributed by atoms with E-state index >= 15 is 0 Å². The zero-order chi connectivity index (χ0) is 12.0. The van der Waals surface area contributed by atoms with Crippen LogP contribution < -0.4 is 11.1 Å². The Morgan fingerprint density at radius 1 is 1.38 bits per heavy atom. The lowest BCUT2D eigenvalue weighted by molar-refractivity contribution is -0.136. The van der Waals surface area contributed by atoms with Crippen molar-refractivity contribution in [1.29, 1.82) is 0 Å². The number of carbonyl (C=O) groups excluding carboxylic acids is 2. The molecule has 3 N–H and O–H groups in total. The molecule has 0 saturated carbocycles. The molecule has 0 radical (unpaired) electrons. The predicted octanol–water partition coefficient (Wildman–Crippen LogP) is -1.77. The van der Waals surface area contributed by atoms with Crippen LogP contribution in [0.1, 0.15) is 6.92 Å². The van der Waals surface area contributed by atoms with Gasteiger partial charge in [-0.15, -0.1) is 0 Å². The molecule has 0 bridgehead atoms. The van der Waals surface area contributed by atoms with Crippen LogP contribution in [0, 0.1) is 0 Å². The van der Waals surface area contributed by atoms with E-state index in [2.05, 4.69) is 10.2 Å². The number of piperazine rings is 1. The number of nitrogens with one attached hydrogen (secondary N) is 1. The number of carbonyl (C=O) groups is 2. The third-order valence-electron chi connectivity index (χ3n) is 2.65. The Bertz CT molecular complexity index is 251. The summed E-state index contributed by atoms with van der Waals surface area (Å²) in [5.74, 6) is -0.487. The molecule has 1 fully saturated rings. The Morgan fingerprint density at radius 2 is 2.00 bits per heavy atom. The molecule has 0 spiro atoms. The van der Waals surface area contributed by atoms with Crippen LogP contribution in [0.25, 0.3) is 0 Å². The third kappa shape index (κ3) is 4.16. The SMILES string of the molecule is CCN(CC(N)=O)C(=O)CN1CCNCC1. The van der Waals surface area contributed by atoms with Gasteiger partial charge < -0.3 is 16.0 Å². The van der Waals surface area contributed by atoms with Crippen LogP contribution in [0.5, 0.6) is 0 Å². The summed E-state index contributed by atoms with van der Waals surface area (Å²) in [4.78, 5) is 26.2. The van der Waals surface area contributed by atoms with E-state index < -0.39 is 5.91 Å². The monoisotopic (exact) mass is 228 g/mol. The van der Waals surface area contributed by atoms with Crippen molar-refractivity contribution in [1.82, 2.24) is 15.1 Å². The second-order valence-electron chi connectivity index (χ2n) is 3.90. The van der Waals surface area contributed by atoms with E-state index in [0.717, 1.165) is 26.2 Å². The van der Waals surface area contributed by atoms with E-state index in [-0.39, 0.29) is 12.5 Å². The number of hydrogen-bond acceptors (Lipinski definition) is 4. The van der Waals surface area contributed by atoms with Crippen molar-refractivity contribution < 1.29 is 9.59 Å². The maximum Gasteiger partial charge on any atom is 0.237 e. The van der Waals surface area contributed by atoms with E-state index in [1.54, 1.807) is 0 Å². The smallest absolute Gasteiger partial charge is 0.237 e. The number of nitrogens with zero attached hydrogens (tertiary/aromatic N) is 2. The third-order valence-corrected chi connectivity index (χ3v) is 2.65. The van der Waals surface area contributed by atoms with Gasteiger partial charge in [-0.3, -0.25) is 14.5 Å². The van der Waals surface area contributed by atoms with E-state index in [9.17, 15) is 9.59 Å². The van der Waals surface area contributed by atoms with Crippen LogP contribution >= 0.6 is 0 Å². The molecule has 1 heterocycles. The van der Waals surface area contributed by atoms with Crippen molar-refractivity contribution in [2.45, 2.75) is 6.92 Å². The number of hydrogen-bond donors (Lipinski definition) is 2. The van der Waals surface area contributed by atoms with Crippen molar-refractivity contribution in [2.24, 2.45) is 5.73 Å². The first kappa shape index (κ1) is 12.9. The summed E-state index contributed by atoms with van der Waals surface area (Å²) < 4.78 is 0. The minimum atomic E-state index is -0.462. The molecule has 0 aromatic heterocycles. The van der Waals surface area contributed by atoms with Gasteiger partial charge in [0.25, 0.3) is 0 Å². The molecule has 0 unspecified atom stereocenters. The summed E-state index contributed by atoms with van der Waals surface area (Å²) in [6, 6.07) is 0. The first-order chi connectivity index (χ1) is 7.63. The van der Waals surface area contributed by atoms with Crippen LogP contribution in [0.3, 0.4) is 0 Å². The average molecular weight is 228 g/mol. The molecule has 1 rings (SSSR count). The average Bonchev–Trinajstić information content (AvgIpc) is 2.26. The van der Waals surface area contributed by atoms with Gasteiger partial charge in [0.05, 0.1) is 13.1 Å². The van der Waals surface area contributed by atoms with Crippen molar-refractivity contribution in [3.63, 3.8) is 0 Å². The highest BCUT2D eigenvalue weighted by molar-refractivity contribution is 5.84. The standard InChI is InChI=1S/C10H20N4O2/c1-2-14(7-9(11)15)10(16)8-13-5-3-12-4-6-13/h12H,2-8H2,1H3,(H2,11,15). The molecule has 6 heteroatoms. The van der Waals surface area contributed by atoms with Gasteiger partial charge in [0.15, 0.2) is 0 Å². The maximum atomic E-state index is 11.8. The van der Waals surface area contributed by atoms with E-state index in [1.165, 1.54) is 4.90 Å². The fraction of sp³-hybridized carbons (Fsp3) is 0.800. The zero-order valence-corrected chi connectivity index (χ0v) is 9.74. The van der Waals surface area contributed by atoms with Gasteiger partial charge in [0.2, 0.25) is 11.8 Å². The minimum absolute atomic E-state index is 0.0153. The van der Waals surface area contributed by atoms with Crippen molar-refractivity contribution >= 4 is 11.8 Å².